The summed E-state index contributed by atoms with van der Waals surface area (Å²) in [5.41, 5.74) is 0.861. The SMILES string of the molecule is COCc1c(C(=O)NCC(F)(F)F)oc2ccccc12. The van der Waals surface area contributed by atoms with Gasteiger partial charge in [-0.25, -0.2) is 0 Å². The third-order valence-corrected chi connectivity index (χ3v) is 2.64. The molecule has 108 valence electrons. The molecule has 0 radical (unpaired) electrons. The fourth-order valence-electron chi connectivity index (χ4n) is 1.83. The van der Waals surface area contributed by atoms with Crippen LogP contribution in [0.4, 0.5) is 13.2 Å². The van der Waals surface area contributed by atoms with Crippen molar-refractivity contribution in [2.75, 3.05) is 13.7 Å². The highest BCUT2D eigenvalue weighted by Gasteiger charge is 2.29. The molecule has 20 heavy (non-hydrogen) atoms. The van der Waals surface area contributed by atoms with Crippen molar-refractivity contribution in [3.05, 3.63) is 35.6 Å². The van der Waals surface area contributed by atoms with Gasteiger partial charge in [-0.05, 0) is 6.07 Å². The minimum absolute atomic E-state index is 0.0752. The second-order valence-corrected chi connectivity index (χ2v) is 4.14. The van der Waals surface area contributed by atoms with Crippen molar-refractivity contribution in [2.45, 2.75) is 12.8 Å². The Morgan fingerprint density at radius 3 is 2.70 bits per heavy atom. The van der Waals surface area contributed by atoms with Gasteiger partial charge >= 0.3 is 6.18 Å². The third-order valence-electron chi connectivity index (χ3n) is 2.64. The summed E-state index contributed by atoms with van der Waals surface area (Å²) in [5.74, 6) is -1.07. The van der Waals surface area contributed by atoms with Gasteiger partial charge < -0.3 is 14.5 Å². The fourth-order valence-corrected chi connectivity index (χ4v) is 1.83. The van der Waals surface area contributed by atoms with Crippen molar-refractivity contribution in [3.8, 4) is 0 Å². The van der Waals surface area contributed by atoms with Gasteiger partial charge in [0.1, 0.15) is 12.1 Å². The quantitative estimate of drug-likeness (QED) is 0.940. The molecule has 1 aromatic carbocycles. The number of carbonyl (C=O) groups is 1. The zero-order valence-electron chi connectivity index (χ0n) is 10.6. The van der Waals surface area contributed by atoms with Gasteiger partial charge in [-0.3, -0.25) is 4.79 Å². The zero-order valence-corrected chi connectivity index (χ0v) is 10.6. The standard InChI is InChI=1S/C13H12F3NO3/c1-19-6-9-8-4-2-3-5-10(8)20-11(9)12(18)17-7-13(14,15)16/h2-5H,6-7H2,1H3,(H,17,18). The van der Waals surface area contributed by atoms with Crippen molar-refractivity contribution in [1.82, 2.24) is 5.32 Å². The first kappa shape index (κ1) is 14.4. The molecule has 1 aromatic heterocycles. The Bertz CT molecular complexity index is 619. The Labute approximate surface area is 112 Å². The molecule has 0 atom stereocenters. The number of ether oxygens (including phenoxy) is 1. The van der Waals surface area contributed by atoms with Crippen LogP contribution in [0.2, 0.25) is 0 Å². The Morgan fingerprint density at radius 1 is 1.35 bits per heavy atom. The highest BCUT2D eigenvalue weighted by molar-refractivity contribution is 5.99. The molecule has 4 nitrogen and oxygen atoms in total. The molecule has 1 amide bonds. The largest absolute Gasteiger partial charge is 0.451 e. The summed E-state index contributed by atoms with van der Waals surface area (Å²) in [4.78, 5) is 11.8. The van der Waals surface area contributed by atoms with E-state index in [9.17, 15) is 18.0 Å². The molecular formula is C13H12F3NO3. The van der Waals surface area contributed by atoms with E-state index in [0.717, 1.165) is 0 Å². The maximum Gasteiger partial charge on any atom is 0.405 e. The molecule has 0 fully saturated rings. The number of nitrogens with one attached hydrogen (secondary N) is 1. The molecular weight excluding hydrogens is 275 g/mol. The normalized spacial score (nSPS) is 11.8. The predicted molar refractivity (Wildman–Crippen MR) is 65.3 cm³/mol. The molecule has 0 spiro atoms. The second kappa shape index (κ2) is 5.54. The van der Waals surface area contributed by atoms with Crippen LogP contribution in [0.25, 0.3) is 11.0 Å². The van der Waals surface area contributed by atoms with Crippen LogP contribution in [-0.4, -0.2) is 25.7 Å². The van der Waals surface area contributed by atoms with Crippen molar-refractivity contribution >= 4 is 16.9 Å². The number of benzene rings is 1. The highest BCUT2D eigenvalue weighted by Crippen LogP contribution is 2.26. The van der Waals surface area contributed by atoms with Crippen LogP contribution in [0, 0.1) is 0 Å². The summed E-state index contributed by atoms with van der Waals surface area (Å²) in [6.07, 6.45) is -4.47. The average molecular weight is 287 g/mol. The number of methoxy groups -OCH3 is 1. The van der Waals surface area contributed by atoms with E-state index in [1.54, 1.807) is 29.6 Å². The van der Waals surface area contributed by atoms with Crippen LogP contribution in [0.15, 0.2) is 28.7 Å². The van der Waals surface area contributed by atoms with Gasteiger partial charge in [-0.15, -0.1) is 0 Å². The van der Waals surface area contributed by atoms with Gasteiger partial charge in [0.2, 0.25) is 0 Å². The van der Waals surface area contributed by atoms with Gasteiger partial charge in [0.25, 0.3) is 5.91 Å². The highest BCUT2D eigenvalue weighted by atomic mass is 19.4. The first-order chi connectivity index (χ1) is 9.42. The molecule has 1 heterocycles. The number of carbonyl (C=O) groups excluding carboxylic acids is 1. The molecule has 7 heteroatoms. The molecule has 1 N–H and O–H groups in total. The lowest BCUT2D eigenvalue weighted by atomic mass is 10.1. The van der Waals surface area contributed by atoms with Crippen LogP contribution in [0.3, 0.4) is 0 Å². The van der Waals surface area contributed by atoms with E-state index in [1.807, 2.05) is 0 Å². The summed E-state index contributed by atoms with van der Waals surface area (Å²) in [7, 11) is 1.43. The summed E-state index contributed by atoms with van der Waals surface area (Å²) in [6.45, 7) is -1.33. The minimum Gasteiger partial charge on any atom is -0.451 e. The molecule has 0 saturated heterocycles. The van der Waals surface area contributed by atoms with Crippen LogP contribution in [0.5, 0.6) is 0 Å². The van der Waals surface area contributed by atoms with Gasteiger partial charge in [0.15, 0.2) is 5.76 Å². The molecule has 2 aromatic rings. The summed E-state index contributed by atoms with van der Waals surface area (Å²) in [5, 5.41) is 2.43. The van der Waals surface area contributed by atoms with Crippen molar-refractivity contribution in [2.24, 2.45) is 0 Å². The van der Waals surface area contributed by atoms with Crippen LogP contribution in [0.1, 0.15) is 16.1 Å². The maximum atomic E-state index is 12.1. The fraction of sp³-hybridized carbons (Fsp3) is 0.308. The predicted octanol–water partition coefficient (Wildman–Crippen LogP) is 2.87. The summed E-state index contributed by atoms with van der Waals surface area (Å²) < 4.78 is 46.6. The molecule has 0 aliphatic carbocycles. The lowest BCUT2D eigenvalue weighted by Gasteiger charge is -2.07. The van der Waals surface area contributed by atoms with E-state index in [-0.39, 0.29) is 12.4 Å². The van der Waals surface area contributed by atoms with Gasteiger partial charge in [0, 0.05) is 18.1 Å². The van der Waals surface area contributed by atoms with E-state index in [0.29, 0.717) is 16.5 Å². The number of furan rings is 1. The first-order valence-corrected chi connectivity index (χ1v) is 5.76. The number of hydrogen-bond donors (Lipinski definition) is 1. The molecule has 0 unspecified atom stereocenters. The van der Waals surface area contributed by atoms with Crippen LogP contribution < -0.4 is 5.32 Å². The Hall–Kier alpha value is -2.02. The minimum atomic E-state index is -4.47. The molecule has 2 rings (SSSR count). The third kappa shape index (κ3) is 3.11. The van der Waals surface area contributed by atoms with Crippen molar-refractivity contribution < 1.29 is 27.1 Å². The van der Waals surface area contributed by atoms with E-state index in [2.05, 4.69) is 0 Å². The van der Waals surface area contributed by atoms with E-state index >= 15 is 0 Å². The van der Waals surface area contributed by atoms with Gasteiger partial charge in [-0.1, -0.05) is 18.2 Å². The van der Waals surface area contributed by atoms with Crippen LogP contribution in [-0.2, 0) is 11.3 Å². The monoisotopic (exact) mass is 287 g/mol. The second-order valence-electron chi connectivity index (χ2n) is 4.14. The van der Waals surface area contributed by atoms with E-state index < -0.39 is 18.6 Å². The smallest absolute Gasteiger partial charge is 0.405 e. The molecule has 0 bridgehead atoms. The number of rotatable bonds is 4. The zero-order chi connectivity index (χ0) is 14.8. The number of para-hydroxylation sites is 1. The van der Waals surface area contributed by atoms with E-state index in [4.69, 9.17) is 9.15 Å². The molecule has 0 aliphatic rings. The number of alkyl halides is 3. The van der Waals surface area contributed by atoms with Gasteiger partial charge in [-0.2, -0.15) is 13.2 Å². The Morgan fingerprint density at radius 2 is 2.05 bits per heavy atom. The number of hydrogen-bond acceptors (Lipinski definition) is 3. The van der Waals surface area contributed by atoms with Crippen LogP contribution >= 0.6 is 0 Å². The Kier molecular flexibility index (Phi) is 3.99. The number of amides is 1. The summed E-state index contributed by atoms with van der Waals surface area (Å²) >= 11 is 0. The Balaban J connectivity index is 2.32. The number of fused-ring (bicyclic) bond motifs is 1. The first-order valence-electron chi connectivity index (χ1n) is 5.76. The van der Waals surface area contributed by atoms with Gasteiger partial charge in [0.05, 0.1) is 6.61 Å². The topological polar surface area (TPSA) is 51.5 Å². The van der Waals surface area contributed by atoms with E-state index in [1.165, 1.54) is 7.11 Å². The lowest BCUT2D eigenvalue weighted by molar-refractivity contribution is -0.123. The van der Waals surface area contributed by atoms with Crippen molar-refractivity contribution in [3.63, 3.8) is 0 Å². The average Bonchev–Trinajstić information content (AvgIpc) is 2.75. The lowest BCUT2D eigenvalue weighted by Crippen LogP contribution is -2.33. The number of halogens is 3. The molecule has 0 saturated carbocycles. The molecule has 0 aliphatic heterocycles. The van der Waals surface area contributed by atoms with Crippen molar-refractivity contribution in [1.29, 1.82) is 0 Å². The maximum absolute atomic E-state index is 12.1. The summed E-state index contributed by atoms with van der Waals surface area (Å²) in [6, 6.07) is 6.80.